The van der Waals surface area contributed by atoms with Gasteiger partial charge in [0, 0.05) is 13.2 Å². The van der Waals surface area contributed by atoms with Crippen LogP contribution in [0.25, 0.3) is 10.8 Å². The maximum absolute atomic E-state index is 5.60. The summed E-state index contributed by atoms with van der Waals surface area (Å²) in [7, 11) is 0. The molecule has 116 valence electrons. The molecule has 22 heavy (non-hydrogen) atoms. The smallest absolute Gasteiger partial charge is 0.166 e. The lowest BCUT2D eigenvalue weighted by molar-refractivity contribution is 0.114. The molecule has 0 bridgehead atoms. The van der Waals surface area contributed by atoms with E-state index in [4.69, 9.17) is 17.0 Å². The van der Waals surface area contributed by atoms with Crippen LogP contribution < -0.4 is 10.6 Å². The van der Waals surface area contributed by atoms with Gasteiger partial charge in [0.2, 0.25) is 0 Å². The van der Waals surface area contributed by atoms with Gasteiger partial charge in [-0.15, -0.1) is 0 Å². The molecule has 1 heterocycles. The number of fused-ring (bicyclic) bond motifs is 1. The molecular weight excluding hydrogens is 292 g/mol. The van der Waals surface area contributed by atoms with Gasteiger partial charge in [-0.25, -0.2) is 0 Å². The second-order valence-corrected chi connectivity index (χ2v) is 6.19. The standard InChI is InChI=1S/C18H22N2OS/c1-13(20-18(22)19-12-15-8-5-11-21-15)16-10-4-7-14-6-2-3-9-17(14)16/h2-4,6-7,9-10,13,15H,5,8,11-12H2,1H3,(H2,19,20,22)/t13-,15+/m0/s1. The van der Waals surface area contributed by atoms with Crippen LogP contribution in [0.3, 0.4) is 0 Å². The molecule has 1 fully saturated rings. The van der Waals surface area contributed by atoms with Crippen molar-refractivity contribution in [2.75, 3.05) is 13.2 Å². The van der Waals surface area contributed by atoms with E-state index in [9.17, 15) is 0 Å². The van der Waals surface area contributed by atoms with Gasteiger partial charge in [-0.3, -0.25) is 0 Å². The first-order valence-electron chi connectivity index (χ1n) is 7.87. The van der Waals surface area contributed by atoms with Crippen molar-refractivity contribution >= 4 is 28.1 Å². The first-order chi connectivity index (χ1) is 10.7. The van der Waals surface area contributed by atoms with Crippen LogP contribution in [0.5, 0.6) is 0 Å². The first-order valence-corrected chi connectivity index (χ1v) is 8.28. The van der Waals surface area contributed by atoms with Crippen LogP contribution in [0.15, 0.2) is 42.5 Å². The Bertz CT molecular complexity index is 647. The van der Waals surface area contributed by atoms with Gasteiger partial charge in [-0.1, -0.05) is 42.5 Å². The zero-order valence-corrected chi connectivity index (χ0v) is 13.7. The van der Waals surface area contributed by atoms with Crippen LogP contribution in [0.2, 0.25) is 0 Å². The molecule has 3 rings (SSSR count). The van der Waals surface area contributed by atoms with Gasteiger partial charge in [-0.2, -0.15) is 0 Å². The molecule has 0 aliphatic carbocycles. The Morgan fingerprint density at radius 3 is 2.91 bits per heavy atom. The third-order valence-electron chi connectivity index (χ3n) is 4.15. The highest BCUT2D eigenvalue weighted by molar-refractivity contribution is 7.80. The Morgan fingerprint density at radius 2 is 2.09 bits per heavy atom. The maximum Gasteiger partial charge on any atom is 0.166 e. The Kier molecular flexibility index (Phi) is 4.90. The summed E-state index contributed by atoms with van der Waals surface area (Å²) in [5.74, 6) is 0. The molecule has 3 nitrogen and oxygen atoms in total. The zero-order chi connectivity index (χ0) is 15.4. The van der Waals surface area contributed by atoms with Gasteiger partial charge in [0.15, 0.2) is 5.11 Å². The van der Waals surface area contributed by atoms with E-state index in [0.717, 1.165) is 26.0 Å². The van der Waals surface area contributed by atoms with E-state index in [1.54, 1.807) is 0 Å². The third-order valence-corrected chi connectivity index (χ3v) is 4.41. The SMILES string of the molecule is C[C@H](NC(=S)NC[C@H]1CCCO1)c1cccc2ccccc12. The van der Waals surface area contributed by atoms with Crippen molar-refractivity contribution in [1.29, 1.82) is 0 Å². The highest BCUT2D eigenvalue weighted by Gasteiger charge is 2.16. The molecule has 0 aromatic heterocycles. The normalized spacial score (nSPS) is 19.0. The summed E-state index contributed by atoms with van der Waals surface area (Å²) >= 11 is 5.41. The van der Waals surface area contributed by atoms with Crippen molar-refractivity contribution in [2.24, 2.45) is 0 Å². The number of thiocarbonyl (C=S) groups is 1. The Morgan fingerprint density at radius 1 is 1.27 bits per heavy atom. The highest BCUT2D eigenvalue weighted by atomic mass is 32.1. The van der Waals surface area contributed by atoms with Gasteiger partial charge in [0.05, 0.1) is 12.1 Å². The van der Waals surface area contributed by atoms with Crippen LogP contribution in [-0.2, 0) is 4.74 Å². The molecule has 4 heteroatoms. The van der Waals surface area contributed by atoms with Crippen molar-refractivity contribution in [3.63, 3.8) is 0 Å². The van der Waals surface area contributed by atoms with Crippen molar-refractivity contribution in [3.8, 4) is 0 Å². The molecule has 0 saturated carbocycles. The number of nitrogens with one attached hydrogen (secondary N) is 2. The number of hydrogen-bond donors (Lipinski definition) is 2. The fourth-order valence-electron chi connectivity index (χ4n) is 2.97. The molecular formula is C18H22N2OS. The minimum Gasteiger partial charge on any atom is -0.376 e. The average molecular weight is 314 g/mol. The summed E-state index contributed by atoms with van der Waals surface area (Å²) < 4.78 is 5.60. The monoisotopic (exact) mass is 314 g/mol. The van der Waals surface area contributed by atoms with Crippen LogP contribution in [0.4, 0.5) is 0 Å². The Labute approximate surface area is 137 Å². The summed E-state index contributed by atoms with van der Waals surface area (Å²) in [5, 5.41) is 9.86. The molecule has 1 saturated heterocycles. The van der Waals surface area contributed by atoms with Gasteiger partial charge in [0.25, 0.3) is 0 Å². The molecule has 2 aromatic carbocycles. The van der Waals surface area contributed by atoms with E-state index < -0.39 is 0 Å². The van der Waals surface area contributed by atoms with E-state index >= 15 is 0 Å². The Balaban J connectivity index is 1.62. The molecule has 2 aromatic rings. The lowest BCUT2D eigenvalue weighted by Gasteiger charge is -2.20. The minimum absolute atomic E-state index is 0.163. The lowest BCUT2D eigenvalue weighted by Crippen LogP contribution is -2.40. The molecule has 0 amide bonds. The average Bonchev–Trinajstić information content (AvgIpc) is 3.06. The van der Waals surface area contributed by atoms with Crippen molar-refractivity contribution < 1.29 is 4.74 Å². The van der Waals surface area contributed by atoms with Crippen LogP contribution in [-0.4, -0.2) is 24.4 Å². The molecule has 1 aliphatic rings. The summed E-state index contributed by atoms with van der Waals surface area (Å²) in [6, 6.07) is 15.0. The van der Waals surface area contributed by atoms with Crippen molar-refractivity contribution in [3.05, 3.63) is 48.0 Å². The fourth-order valence-corrected chi connectivity index (χ4v) is 3.23. The number of rotatable bonds is 4. The molecule has 2 N–H and O–H groups in total. The van der Waals surface area contributed by atoms with Crippen LogP contribution in [0.1, 0.15) is 31.4 Å². The number of hydrogen-bond acceptors (Lipinski definition) is 2. The third kappa shape index (κ3) is 3.57. The van der Waals surface area contributed by atoms with E-state index in [-0.39, 0.29) is 6.04 Å². The number of ether oxygens (including phenoxy) is 1. The van der Waals surface area contributed by atoms with Crippen molar-refractivity contribution in [1.82, 2.24) is 10.6 Å². The van der Waals surface area contributed by atoms with Gasteiger partial charge < -0.3 is 15.4 Å². The maximum atomic E-state index is 5.60. The second kappa shape index (κ2) is 7.07. The van der Waals surface area contributed by atoms with E-state index in [1.807, 2.05) is 0 Å². The molecule has 0 unspecified atom stereocenters. The quantitative estimate of drug-likeness (QED) is 0.846. The zero-order valence-electron chi connectivity index (χ0n) is 12.8. The lowest BCUT2D eigenvalue weighted by atomic mass is 10.00. The second-order valence-electron chi connectivity index (χ2n) is 5.78. The molecule has 0 radical (unpaired) electrons. The molecule has 0 spiro atoms. The van der Waals surface area contributed by atoms with E-state index in [1.165, 1.54) is 16.3 Å². The van der Waals surface area contributed by atoms with Gasteiger partial charge in [0.1, 0.15) is 0 Å². The minimum atomic E-state index is 0.163. The summed E-state index contributed by atoms with van der Waals surface area (Å²) in [5.41, 5.74) is 1.26. The predicted molar refractivity (Wildman–Crippen MR) is 95.1 cm³/mol. The fraction of sp³-hybridized carbons (Fsp3) is 0.389. The predicted octanol–water partition coefficient (Wildman–Crippen LogP) is 3.54. The Hall–Kier alpha value is -1.65. The highest BCUT2D eigenvalue weighted by Crippen LogP contribution is 2.23. The first kappa shape index (κ1) is 15.3. The van der Waals surface area contributed by atoms with Crippen LogP contribution in [0, 0.1) is 0 Å². The summed E-state index contributed by atoms with van der Waals surface area (Å²) in [4.78, 5) is 0. The van der Waals surface area contributed by atoms with Crippen molar-refractivity contribution in [2.45, 2.75) is 31.9 Å². The number of benzene rings is 2. The summed E-state index contributed by atoms with van der Waals surface area (Å²) in [6.45, 7) is 3.80. The largest absolute Gasteiger partial charge is 0.376 e. The van der Waals surface area contributed by atoms with E-state index in [2.05, 4.69) is 60.0 Å². The summed E-state index contributed by atoms with van der Waals surface area (Å²) in [6.07, 6.45) is 2.57. The molecule has 2 atom stereocenters. The van der Waals surface area contributed by atoms with E-state index in [0.29, 0.717) is 11.2 Å². The van der Waals surface area contributed by atoms with Gasteiger partial charge in [-0.05, 0) is 48.3 Å². The molecule has 1 aliphatic heterocycles. The topological polar surface area (TPSA) is 33.3 Å². The van der Waals surface area contributed by atoms with Gasteiger partial charge >= 0.3 is 0 Å². The van der Waals surface area contributed by atoms with Crippen LogP contribution >= 0.6 is 12.2 Å².